The van der Waals surface area contributed by atoms with Gasteiger partial charge in [0.1, 0.15) is 5.52 Å². The van der Waals surface area contributed by atoms with E-state index < -0.39 is 4.92 Å². The van der Waals surface area contributed by atoms with Crippen molar-refractivity contribution in [2.45, 2.75) is 0 Å². The molecule has 2 rings (SSSR count). The van der Waals surface area contributed by atoms with Gasteiger partial charge in [0.2, 0.25) is 6.33 Å². The first-order valence-corrected chi connectivity index (χ1v) is 4.24. The molecule has 0 spiro atoms. The molecule has 0 fully saturated rings. The highest BCUT2D eigenvalue weighted by molar-refractivity contribution is 9.10. The van der Waals surface area contributed by atoms with Crippen LogP contribution < -0.4 is 0 Å². The summed E-state index contributed by atoms with van der Waals surface area (Å²) in [5.74, 6) is -0.118. The Morgan fingerprint density at radius 1 is 1.54 bits per heavy atom. The van der Waals surface area contributed by atoms with Crippen LogP contribution in [0.4, 0.5) is 5.82 Å². The SMILES string of the molecule is O=[N+]([O-])c1ncn2cc(Br)ccc12. The third-order valence-electron chi connectivity index (χ3n) is 1.65. The summed E-state index contributed by atoms with van der Waals surface area (Å²) in [7, 11) is 0. The quantitative estimate of drug-likeness (QED) is 0.567. The van der Waals surface area contributed by atoms with Crippen LogP contribution in [0.15, 0.2) is 29.1 Å². The maximum absolute atomic E-state index is 10.5. The first-order chi connectivity index (χ1) is 6.18. The van der Waals surface area contributed by atoms with Crippen LogP contribution in [0.3, 0.4) is 0 Å². The lowest BCUT2D eigenvalue weighted by Crippen LogP contribution is -1.88. The molecule has 6 heteroatoms. The van der Waals surface area contributed by atoms with E-state index in [1.165, 1.54) is 6.33 Å². The van der Waals surface area contributed by atoms with Gasteiger partial charge in [-0.1, -0.05) is 0 Å². The summed E-state index contributed by atoms with van der Waals surface area (Å²) in [5, 5.41) is 10.5. The van der Waals surface area contributed by atoms with Gasteiger partial charge in [0.15, 0.2) is 0 Å². The lowest BCUT2D eigenvalue weighted by Gasteiger charge is -1.93. The van der Waals surface area contributed by atoms with Crippen molar-refractivity contribution in [1.29, 1.82) is 0 Å². The standard InChI is InChI=1S/C7H4BrN3O2/c8-5-1-2-6-7(11(12)13)9-4-10(6)3-5/h1-4H. The fourth-order valence-corrected chi connectivity index (χ4v) is 1.45. The van der Waals surface area contributed by atoms with E-state index in [-0.39, 0.29) is 5.82 Å². The van der Waals surface area contributed by atoms with Crippen molar-refractivity contribution in [1.82, 2.24) is 9.38 Å². The van der Waals surface area contributed by atoms with Crippen LogP contribution in [0.25, 0.3) is 5.52 Å². The maximum Gasteiger partial charge on any atom is 0.389 e. The summed E-state index contributed by atoms with van der Waals surface area (Å²) in [6.45, 7) is 0. The first kappa shape index (κ1) is 8.18. The van der Waals surface area contributed by atoms with Crippen LogP contribution in [0, 0.1) is 10.1 Å². The monoisotopic (exact) mass is 241 g/mol. The molecule has 0 amide bonds. The minimum atomic E-state index is -0.497. The largest absolute Gasteiger partial charge is 0.389 e. The Bertz CT molecular complexity index is 480. The van der Waals surface area contributed by atoms with Crippen molar-refractivity contribution >= 4 is 27.3 Å². The maximum atomic E-state index is 10.5. The molecule has 13 heavy (non-hydrogen) atoms. The van der Waals surface area contributed by atoms with Gasteiger partial charge in [0.05, 0.1) is 0 Å². The van der Waals surface area contributed by atoms with Crippen molar-refractivity contribution < 1.29 is 4.92 Å². The molecular formula is C7H4BrN3O2. The van der Waals surface area contributed by atoms with E-state index in [0.29, 0.717) is 5.52 Å². The predicted octanol–water partition coefficient (Wildman–Crippen LogP) is 2.00. The molecule has 0 saturated carbocycles. The van der Waals surface area contributed by atoms with Gasteiger partial charge >= 0.3 is 5.82 Å². The number of imidazole rings is 1. The number of fused-ring (bicyclic) bond motifs is 1. The second kappa shape index (κ2) is 2.81. The van der Waals surface area contributed by atoms with E-state index in [0.717, 1.165) is 4.47 Å². The zero-order chi connectivity index (χ0) is 9.42. The summed E-state index contributed by atoms with van der Waals surface area (Å²) in [6.07, 6.45) is 3.13. The molecule has 0 radical (unpaired) electrons. The molecule has 0 unspecified atom stereocenters. The zero-order valence-corrected chi connectivity index (χ0v) is 7.93. The number of aromatic nitrogens is 2. The van der Waals surface area contributed by atoms with Gasteiger partial charge in [0.25, 0.3) is 0 Å². The summed E-state index contributed by atoms with van der Waals surface area (Å²) in [4.78, 5) is 13.7. The number of halogens is 1. The molecule has 2 heterocycles. The highest BCUT2D eigenvalue weighted by Gasteiger charge is 2.14. The average Bonchev–Trinajstić information content (AvgIpc) is 2.46. The highest BCUT2D eigenvalue weighted by atomic mass is 79.9. The van der Waals surface area contributed by atoms with Crippen LogP contribution in [0.2, 0.25) is 0 Å². The Morgan fingerprint density at radius 2 is 2.31 bits per heavy atom. The van der Waals surface area contributed by atoms with Gasteiger partial charge in [-0.15, -0.1) is 0 Å². The van der Waals surface area contributed by atoms with Crippen molar-refractivity contribution in [3.05, 3.63) is 39.2 Å². The van der Waals surface area contributed by atoms with E-state index in [1.807, 2.05) is 0 Å². The van der Waals surface area contributed by atoms with Crippen molar-refractivity contribution in [2.75, 3.05) is 0 Å². The number of hydrogen-bond acceptors (Lipinski definition) is 3. The second-order valence-corrected chi connectivity index (χ2v) is 3.38. The van der Waals surface area contributed by atoms with Crippen LogP contribution >= 0.6 is 15.9 Å². The van der Waals surface area contributed by atoms with Crippen LogP contribution in [0.1, 0.15) is 0 Å². The molecule has 2 aromatic rings. The van der Waals surface area contributed by atoms with Crippen LogP contribution in [-0.2, 0) is 0 Å². The average molecular weight is 242 g/mol. The summed E-state index contributed by atoms with van der Waals surface area (Å²) < 4.78 is 2.45. The summed E-state index contributed by atoms with van der Waals surface area (Å²) in [6, 6.07) is 3.39. The molecule has 0 saturated heterocycles. The van der Waals surface area contributed by atoms with Crippen molar-refractivity contribution in [3.8, 4) is 0 Å². The lowest BCUT2D eigenvalue weighted by molar-refractivity contribution is -0.387. The summed E-state index contributed by atoms with van der Waals surface area (Å²) in [5.41, 5.74) is 0.494. The van der Waals surface area contributed by atoms with Crippen molar-refractivity contribution in [3.63, 3.8) is 0 Å². The Balaban J connectivity index is 2.76. The van der Waals surface area contributed by atoms with E-state index in [9.17, 15) is 10.1 Å². The predicted molar refractivity (Wildman–Crippen MR) is 49.5 cm³/mol. The van der Waals surface area contributed by atoms with Crippen LogP contribution in [0.5, 0.6) is 0 Å². The van der Waals surface area contributed by atoms with Crippen LogP contribution in [-0.4, -0.2) is 14.3 Å². The van der Waals surface area contributed by atoms with Gasteiger partial charge in [-0.2, -0.15) is 0 Å². The molecular weight excluding hydrogens is 238 g/mol. The smallest absolute Gasteiger partial charge is 0.358 e. The fourth-order valence-electron chi connectivity index (χ4n) is 1.10. The highest BCUT2D eigenvalue weighted by Crippen LogP contribution is 2.19. The minimum absolute atomic E-state index is 0.118. The zero-order valence-electron chi connectivity index (χ0n) is 6.35. The third kappa shape index (κ3) is 1.29. The Labute approximate surface area is 81.3 Å². The Hall–Kier alpha value is -1.43. The van der Waals surface area contributed by atoms with Gasteiger partial charge in [-0.3, -0.25) is 4.40 Å². The number of rotatable bonds is 1. The summed E-state index contributed by atoms with van der Waals surface area (Å²) >= 11 is 3.26. The minimum Gasteiger partial charge on any atom is -0.358 e. The topological polar surface area (TPSA) is 60.4 Å². The normalized spacial score (nSPS) is 10.5. The molecule has 5 nitrogen and oxygen atoms in total. The second-order valence-electron chi connectivity index (χ2n) is 2.47. The third-order valence-corrected chi connectivity index (χ3v) is 2.12. The fraction of sp³-hybridized carbons (Fsp3) is 0. The van der Waals surface area contributed by atoms with E-state index >= 15 is 0 Å². The molecule has 0 N–H and O–H groups in total. The molecule has 66 valence electrons. The molecule has 0 aliphatic rings. The van der Waals surface area contributed by atoms with E-state index in [1.54, 1.807) is 22.7 Å². The lowest BCUT2D eigenvalue weighted by atomic mass is 10.4. The van der Waals surface area contributed by atoms with Gasteiger partial charge < -0.3 is 10.1 Å². The number of nitro groups is 1. The molecule has 0 bridgehead atoms. The molecule has 0 aromatic carbocycles. The van der Waals surface area contributed by atoms with E-state index in [2.05, 4.69) is 20.9 Å². The molecule has 0 aliphatic carbocycles. The van der Waals surface area contributed by atoms with Crippen molar-refractivity contribution in [2.24, 2.45) is 0 Å². The number of nitrogens with zero attached hydrogens (tertiary/aromatic N) is 3. The van der Waals surface area contributed by atoms with Gasteiger partial charge in [-0.25, -0.2) is 0 Å². The molecule has 0 aliphatic heterocycles. The Morgan fingerprint density at radius 3 is 3.00 bits per heavy atom. The molecule has 2 aromatic heterocycles. The Kier molecular flexibility index (Phi) is 1.77. The molecule has 0 atom stereocenters. The number of hydrogen-bond donors (Lipinski definition) is 0. The number of pyridine rings is 1. The van der Waals surface area contributed by atoms with Gasteiger partial charge in [-0.05, 0) is 38.0 Å². The van der Waals surface area contributed by atoms with E-state index in [4.69, 9.17) is 0 Å². The van der Waals surface area contributed by atoms with Gasteiger partial charge in [0, 0.05) is 10.7 Å². The first-order valence-electron chi connectivity index (χ1n) is 3.45.